The lowest BCUT2D eigenvalue weighted by molar-refractivity contribution is -0.288. The minimum atomic E-state index is -0.441. The zero-order valence-electron chi connectivity index (χ0n) is 12.6. The van der Waals surface area contributed by atoms with Gasteiger partial charge in [-0.15, -0.1) is 0 Å². The molecule has 0 aromatic heterocycles. The predicted molar refractivity (Wildman–Crippen MR) is 72.7 cm³/mol. The number of rotatable bonds is 0. The number of Topliss-reactive ketones (excluding diaryl/α,β-unsaturated/α-hetero) is 1. The maximum Gasteiger partial charge on any atom is 0.174 e. The van der Waals surface area contributed by atoms with Crippen LogP contribution in [0, 0.1) is 17.3 Å². The van der Waals surface area contributed by atoms with Crippen LogP contribution in [-0.4, -0.2) is 23.8 Å². The fourth-order valence-corrected chi connectivity index (χ4v) is 4.66. The van der Waals surface area contributed by atoms with Crippen LogP contribution in [-0.2, 0) is 14.3 Å². The smallest absolute Gasteiger partial charge is 0.174 e. The van der Waals surface area contributed by atoms with Gasteiger partial charge in [0.2, 0.25) is 0 Å². The summed E-state index contributed by atoms with van der Waals surface area (Å²) in [5, 5.41) is 0. The summed E-state index contributed by atoms with van der Waals surface area (Å²) in [5.74, 6) is 0.567. The highest BCUT2D eigenvalue weighted by molar-refractivity contribution is 5.82. The van der Waals surface area contributed by atoms with Crippen molar-refractivity contribution in [3.8, 4) is 0 Å². The van der Waals surface area contributed by atoms with E-state index in [1.54, 1.807) is 0 Å². The van der Waals surface area contributed by atoms with Crippen molar-refractivity contribution in [2.45, 2.75) is 77.8 Å². The van der Waals surface area contributed by atoms with Gasteiger partial charge in [-0.1, -0.05) is 13.8 Å². The van der Waals surface area contributed by atoms with Gasteiger partial charge in [-0.2, -0.15) is 0 Å². The summed E-state index contributed by atoms with van der Waals surface area (Å²) in [7, 11) is 0. The number of ketones is 1. The molecule has 2 saturated carbocycles. The minimum absolute atomic E-state index is 0.00238. The molecular formula is C16H26O3. The summed E-state index contributed by atoms with van der Waals surface area (Å²) >= 11 is 0. The van der Waals surface area contributed by atoms with E-state index in [2.05, 4.69) is 27.7 Å². The lowest BCUT2D eigenvalue weighted by atomic mass is 9.54. The third kappa shape index (κ3) is 1.74. The second-order valence-corrected chi connectivity index (χ2v) is 7.07. The number of carbonyl (C=O) groups excluding carboxylic acids is 1. The summed E-state index contributed by atoms with van der Waals surface area (Å²) in [6.07, 6.45) is 5.14. The Bertz CT molecular complexity index is 381. The van der Waals surface area contributed by atoms with Crippen molar-refractivity contribution in [3.05, 3.63) is 0 Å². The van der Waals surface area contributed by atoms with Crippen LogP contribution >= 0.6 is 0 Å². The third-order valence-corrected chi connectivity index (χ3v) is 6.13. The molecule has 3 fully saturated rings. The second kappa shape index (κ2) is 4.29. The fraction of sp³-hybridized carbons (Fsp3) is 0.938. The van der Waals surface area contributed by atoms with Crippen LogP contribution in [0.1, 0.15) is 59.8 Å². The van der Waals surface area contributed by atoms with Crippen molar-refractivity contribution in [3.63, 3.8) is 0 Å². The normalized spacial score (nSPS) is 49.4. The van der Waals surface area contributed by atoms with Gasteiger partial charge in [-0.25, -0.2) is 0 Å². The molecule has 108 valence electrons. The molecule has 5 atom stereocenters. The van der Waals surface area contributed by atoms with Crippen LogP contribution in [0.4, 0.5) is 0 Å². The Hall–Kier alpha value is -0.410. The monoisotopic (exact) mass is 266 g/mol. The molecule has 1 heterocycles. The van der Waals surface area contributed by atoms with E-state index in [9.17, 15) is 4.79 Å². The Morgan fingerprint density at radius 1 is 1.11 bits per heavy atom. The van der Waals surface area contributed by atoms with Crippen molar-refractivity contribution in [2.75, 3.05) is 0 Å². The van der Waals surface area contributed by atoms with Gasteiger partial charge in [0.1, 0.15) is 5.78 Å². The molecular weight excluding hydrogens is 240 g/mol. The van der Waals surface area contributed by atoms with Gasteiger partial charge >= 0.3 is 0 Å². The van der Waals surface area contributed by atoms with E-state index in [0.717, 1.165) is 25.7 Å². The number of fused-ring (bicyclic) bond motifs is 2. The predicted octanol–water partition coefficient (Wildman–Crippen LogP) is 3.31. The average Bonchev–Trinajstić information content (AvgIpc) is 2.65. The molecule has 19 heavy (non-hydrogen) atoms. The molecule has 0 unspecified atom stereocenters. The highest BCUT2D eigenvalue weighted by atomic mass is 16.8. The zero-order chi connectivity index (χ0) is 13.8. The van der Waals surface area contributed by atoms with Gasteiger partial charge in [0.05, 0.1) is 12.2 Å². The molecule has 1 saturated heterocycles. The van der Waals surface area contributed by atoms with Crippen molar-refractivity contribution in [1.29, 1.82) is 0 Å². The van der Waals surface area contributed by atoms with Gasteiger partial charge in [-0.3, -0.25) is 4.79 Å². The Morgan fingerprint density at radius 3 is 2.37 bits per heavy atom. The number of carbonyl (C=O) groups is 1. The van der Waals surface area contributed by atoms with E-state index >= 15 is 0 Å². The highest BCUT2D eigenvalue weighted by Crippen LogP contribution is 2.60. The molecule has 1 spiro atoms. The zero-order valence-corrected chi connectivity index (χ0v) is 12.6. The van der Waals surface area contributed by atoms with Gasteiger partial charge in [0.15, 0.2) is 5.79 Å². The summed E-state index contributed by atoms with van der Waals surface area (Å²) < 4.78 is 12.6. The van der Waals surface area contributed by atoms with Gasteiger partial charge in [0, 0.05) is 24.2 Å². The summed E-state index contributed by atoms with van der Waals surface area (Å²) in [6, 6.07) is 0. The van der Waals surface area contributed by atoms with Crippen LogP contribution in [0.5, 0.6) is 0 Å². The first-order valence-corrected chi connectivity index (χ1v) is 7.78. The first-order valence-electron chi connectivity index (χ1n) is 7.78. The topological polar surface area (TPSA) is 35.5 Å². The second-order valence-electron chi connectivity index (χ2n) is 7.07. The summed E-state index contributed by atoms with van der Waals surface area (Å²) in [5.41, 5.74) is -0.00238. The lowest BCUT2D eigenvalue weighted by Gasteiger charge is -2.56. The Labute approximate surface area is 116 Å². The molecule has 1 aliphatic heterocycles. The Balaban J connectivity index is 1.96. The SMILES string of the molecule is C[C@H]1OC2(CCC[C@H]3[C@@H](C)C(=O)CC[C@]32C)O[C@@H]1C. The molecule has 0 aromatic carbocycles. The standard InChI is InChI=1S/C16H26O3/c1-10-13-6-5-8-16(18-11(2)12(3)19-16)15(13,4)9-7-14(10)17/h10-13H,5-9H2,1-4H3/t10-,11-,12-,13+,15-/m1/s1. The molecule has 0 N–H and O–H groups in total. The van der Waals surface area contributed by atoms with Crippen LogP contribution in [0.2, 0.25) is 0 Å². The molecule has 3 aliphatic rings. The van der Waals surface area contributed by atoms with E-state index in [0.29, 0.717) is 18.1 Å². The van der Waals surface area contributed by atoms with Crippen LogP contribution in [0.25, 0.3) is 0 Å². The molecule has 3 heteroatoms. The van der Waals surface area contributed by atoms with Crippen LogP contribution in [0.3, 0.4) is 0 Å². The first-order chi connectivity index (χ1) is 8.90. The Morgan fingerprint density at radius 2 is 1.74 bits per heavy atom. The number of ether oxygens (including phenoxy) is 2. The molecule has 0 amide bonds. The first kappa shape index (κ1) is 13.6. The van der Waals surface area contributed by atoms with Crippen LogP contribution in [0.15, 0.2) is 0 Å². The minimum Gasteiger partial charge on any atom is -0.344 e. The molecule has 0 bridgehead atoms. The Kier molecular flexibility index (Phi) is 3.06. The third-order valence-electron chi connectivity index (χ3n) is 6.13. The summed E-state index contributed by atoms with van der Waals surface area (Å²) in [6.45, 7) is 8.60. The number of hydrogen-bond donors (Lipinski definition) is 0. The highest BCUT2D eigenvalue weighted by Gasteiger charge is 2.63. The average molecular weight is 266 g/mol. The molecule has 0 aromatic rings. The van der Waals surface area contributed by atoms with E-state index in [-0.39, 0.29) is 23.5 Å². The molecule has 3 rings (SSSR count). The fourth-order valence-electron chi connectivity index (χ4n) is 4.66. The number of hydrogen-bond acceptors (Lipinski definition) is 3. The lowest BCUT2D eigenvalue weighted by Crippen LogP contribution is -2.59. The van der Waals surface area contributed by atoms with Crippen molar-refractivity contribution in [2.24, 2.45) is 17.3 Å². The quantitative estimate of drug-likeness (QED) is 0.675. The molecule has 2 aliphatic carbocycles. The maximum atomic E-state index is 12.0. The van der Waals surface area contributed by atoms with E-state index < -0.39 is 5.79 Å². The van der Waals surface area contributed by atoms with Crippen LogP contribution < -0.4 is 0 Å². The van der Waals surface area contributed by atoms with Crippen molar-refractivity contribution in [1.82, 2.24) is 0 Å². The van der Waals surface area contributed by atoms with E-state index in [1.165, 1.54) is 0 Å². The largest absolute Gasteiger partial charge is 0.344 e. The molecule has 3 nitrogen and oxygen atoms in total. The summed E-state index contributed by atoms with van der Waals surface area (Å²) in [4.78, 5) is 12.0. The van der Waals surface area contributed by atoms with E-state index in [1.807, 2.05) is 0 Å². The maximum absolute atomic E-state index is 12.0. The van der Waals surface area contributed by atoms with Gasteiger partial charge < -0.3 is 9.47 Å². The van der Waals surface area contributed by atoms with Crippen molar-refractivity contribution >= 4 is 5.78 Å². The van der Waals surface area contributed by atoms with Gasteiger partial charge in [0.25, 0.3) is 0 Å². The van der Waals surface area contributed by atoms with E-state index in [4.69, 9.17) is 9.47 Å². The van der Waals surface area contributed by atoms with Gasteiger partial charge in [-0.05, 0) is 39.0 Å². The molecule has 0 radical (unpaired) electrons. The van der Waals surface area contributed by atoms with Crippen molar-refractivity contribution < 1.29 is 14.3 Å².